The van der Waals surface area contributed by atoms with Crippen LogP contribution in [0.2, 0.25) is 0 Å². The molecule has 94 valence electrons. The normalized spacial score (nSPS) is 12.5. The lowest BCUT2D eigenvalue weighted by molar-refractivity contribution is 0.391. The third-order valence-electron chi connectivity index (χ3n) is 1.41. The summed E-state index contributed by atoms with van der Waals surface area (Å²) >= 11 is 0. The van der Waals surface area contributed by atoms with Gasteiger partial charge in [0.2, 0.25) is 0 Å². The Morgan fingerprint density at radius 2 is 1.20 bits per heavy atom. The molecule has 0 bridgehead atoms. The summed E-state index contributed by atoms with van der Waals surface area (Å²) in [6.07, 6.45) is 0. The minimum absolute atomic E-state index is 0.438. The van der Waals surface area contributed by atoms with Crippen molar-refractivity contribution in [1.29, 1.82) is 0 Å². The zero-order valence-electron chi connectivity index (χ0n) is 9.46. The molecule has 15 heavy (non-hydrogen) atoms. The van der Waals surface area contributed by atoms with Crippen molar-refractivity contribution in [3.8, 4) is 0 Å². The van der Waals surface area contributed by atoms with Crippen LogP contribution in [-0.2, 0) is 24.4 Å². The Morgan fingerprint density at radius 1 is 0.933 bits per heavy atom. The topological polar surface area (TPSA) is 97.7 Å². The zero-order chi connectivity index (χ0) is 12.9. The molecule has 1 N–H and O–H groups in total. The molecule has 0 radical (unpaired) electrons. The molecule has 0 saturated carbocycles. The second-order valence-electron chi connectivity index (χ2n) is 3.27. The molecule has 0 rings (SSSR count). The molecular formula is C7H18O6S2. The summed E-state index contributed by atoms with van der Waals surface area (Å²) in [5, 5.41) is -1.11. The molecule has 0 spiro atoms. The van der Waals surface area contributed by atoms with Gasteiger partial charge >= 0.3 is 0 Å². The molecule has 0 aromatic heterocycles. The van der Waals surface area contributed by atoms with E-state index in [1.54, 1.807) is 13.8 Å². The Balaban J connectivity index is 0. The molecular weight excluding hydrogens is 244 g/mol. The van der Waals surface area contributed by atoms with Crippen molar-refractivity contribution in [1.82, 2.24) is 0 Å². The second kappa shape index (κ2) is 6.41. The lowest BCUT2D eigenvalue weighted by atomic mass is 10.6. The molecule has 8 heteroatoms. The first-order chi connectivity index (χ1) is 6.45. The van der Waals surface area contributed by atoms with Crippen molar-refractivity contribution >= 4 is 20.2 Å². The average Bonchev–Trinajstić information content (AvgIpc) is 2.03. The molecule has 0 unspecified atom stereocenters. The Bertz CT molecular complexity index is 351. The Labute approximate surface area is 91.5 Å². The highest BCUT2D eigenvalue weighted by Crippen LogP contribution is 1.98. The van der Waals surface area contributed by atoms with Crippen molar-refractivity contribution in [3.05, 3.63) is 0 Å². The van der Waals surface area contributed by atoms with E-state index in [1.807, 2.05) is 0 Å². The Morgan fingerprint density at radius 3 is 1.20 bits per heavy atom. The van der Waals surface area contributed by atoms with E-state index in [1.165, 1.54) is 13.8 Å². The third-order valence-corrected chi connectivity index (χ3v) is 4.22. The summed E-state index contributed by atoms with van der Waals surface area (Å²) in [6, 6.07) is 0. The van der Waals surface area contributed by atoms with Gasteiger partial charge in [0.25, 0.3) is 20.2 Å². The van der Waals surface area contributed by atoms with Crippen LogP contribution in [0.3, 0.4) is 0 Å². The molecule has 0 aromatic rings. The van der Waals surface area contributed by atoms with E-state index in [9.17, 15) is 16.8 Å². The van der Waals surface area contributed by atoms with E-state index in [0.29, 0.717) is 0 Å². The maximum atomic E-state index is 10.5. The van der Waals surface area contributed by atoms with E-state index in [0.717, 1.165) is 7.11 Å². The predicted octanol–water partition coefficient (Wildman–Crippen LogP) is 0.654. The van der Waals surface area contributed by atoms with Gasteiger partial charge in [-0.1, -0.05) is 0 Å². The number of hydrogen-bond acceptors (Lipinski definition) is 5. The van der Waals surface area contributed by atoms with Crippen molar-refractivity contribution in [2.45, 2.75) is 38.2 Å². The van der Waals surface area contributed by atoms with Gasteiger partial charge in [-0.2, -0.15) is 16.8 Å². The highest BCUT2D eigenvalue weighted by molar-refractivity contribution is 7.87. The monoisotopic (exact) mass is 262 g/mol. The minimum Gasteiger partial charge on any atom is -0.285 e. The lowest BCUT2D eigenvalue weighted by Gasteiger charge is -2.01. The standard InChI is InChI=1S/C4H10O3S.C3H8O3S/c1-4(2)8(5,6)7-3;1-3(2)7(4,5)6/h4H,1-3H3;3H,1-2H3,(H,4,5,6). The number of rotatable bonds is 3. The molecule has 0 fully saturated rings. The van der Waals surface area contributed by atoms with E-state index >= 15 is 0 Å². The quantitative estimate of drug-likeness (QED) is 0.592. The van der Waals surface area contributed by atoms with Crippen molar-refractivity contribution < 1.29 is 25.6 Å². The zero-order valence-corrected chi connectivity index (χ0v) is 11.1. The first kappa shape index (κ1) is 17.2. The van der Waals surface area contributed by atoms with Gasteiger partial charge in [0.15, 0.2) is 0 Å². The van der Waals surface area contributed by atoms with Crippen LogP contribution < -0.4 is 0 Å². The van der Waals surface area contributed by atoms with Crippen molar-refractivity contribution in [3.63, 3.8) is 0 Å². The Hall–Kier alpha value is -0.180. The van der Waals surface area contributed by atoms with Crippen LogP contribution in [0.15, 0.2) is 0 Å². The fourth-order valence-electron chi connectivity index (χ4n) is 0.192. The molecule has 0 aliphatic carbocycles. The maximum Gasteiger partial charge on any atom is 0.269 e. The summed E-state index contributed by atoms with van der Waals surface area (Å²) in [6.45, 7) is 5.96. The van der Waals surface area contributed by atoms with Gasteiger partial charge in [-0.15, -0.1) is 0 Å². The number of hydrogen-bond donors (Lipinski definition) is 1. The van der Waals surface area contributed by atoms with Gasteiger partial charge in [0.1, 0.15) is 0 Å². The molecule has 0 amide bonds. The minimum atomic E-state index is -3.74. The van der Waals surface area contributed by atoms with Gasteiger partial charge < -0.3 is 0 Å². The first-order valence-corrected chi connectivity index (χ1v) is 7.18. The SMILES string of the molecule is CC(C)S(=O)(=O)O.COS(=O)(=O)C(C)C. The smallest absolute Gasteiger partial charge is 0.269 e. The maximum absolute atomic E-state index is 10.5. The Kier molecular flexibility index (Phi) is 7.36. The van der Waals surface area contributed by atoms with Crippen LogP contribution in [0.4, 0.5) is 0 Å². The summed E-state index contributed by atoms with van der Waals surface area (Å²) in [7, 11) is -5.81. The van der Waals surface area contributed by atoms with Crippen molar-refractivity contribution in [2.24, 2.45) is 0 Å². The van der Waals surface area contributed by atoms with E-state index in [2.05, 4.69) is 4.18 Å². The van der Waals surface area contributed by atoms with E-state index in [-0.39, 0.29) is 0 Å². The summed E-state index contributed by atoms with van der Waals surface area (Å²) < 4.78 is 53.0. The van der Waals surface area contributed by atoms with Crippen LogP contribution in [0.1, 0.15) is 27.7 Å². The molecule has 0 aromatic carbocycles. The third kappa shape index (κ3) is 8.79. The highest BCUT2D eigenvalue weighted by atomic mass is 32.2. The average molecular weight is 262 g/mol. The summed E-state index contributed by atoms with van der Waals surface area (Å²) in [5.74, 6) is 0. The van der Waals surface area contributed by atoms with Gasteiger partial charge in [-0.3, -0.25) is 8.74 Å². The molecule has 0 atom stereocenters. The molecule has 6 nitrogen and oxygen atoms in total. The lowest BCUT2D eigenvalue weighted by Crippen LogP contribution is -2.14. The predicted molar refractivity (Wildman–Crippen MR) is 57.7 cm³/mol. The highest BCUT2D eigenvalue weighted by Gasteiger charge is 2.12. The van der Waals surface area contributed by atoms with Crippen LogP contribution >= 0.6 is 0 Å². The second-order valence-corrected chi connectivity index (χ2v) is 7.51. The van der Waals surface area contributed by atoms with Crippen LogP contribution in [0, 0.1) is 0 Å². The molecule has 0 aliphatic heterocycles. The first-order valence-electron chi connectivity index (χ1n) is 4.20. The van der Waals surface area contributed by atoms with Gasteiger partial charge in [0.05, 0.1) is 17.6 Å². The molecule has 0 saturated heterocycles. The fourth-order valence-corrected chi connectivity index (χ4v) is 0.577. The summed E-state index contributed by atoms with van der Waals surface area (Å²) in [5.41, 5.74) is 0. The summed E-state index contributed by atoms with van der Waals surface area (Å²) in [4.78, 5) is 0. The van der Waals surface area contributed by atoms with Crippen LogP contribution in [0.5, 0.6) is 0 Å². The fraction of sp³-hybridized carbons (Fsp3) is 1.00. The molecule has 0 aliphatic rings. The van der Waals surface area contributed by atoms with Crippen LogP contribution in [0.25, 0.3) is 0 Å². The van der Waals surface area contributed by atoms with Gasteiger partial charge in [-0.05, 0) is 27.7 Å². The van der Waals surface area contributed by atoms with E-state index < -0.39 is 30.7 Å². The largest absolute Gasteiger partial charge is 0.285 e. The van der Waals surface area contributed by atoms with Gasteiger partial charge in [0, 0.05) is 0 Å². The van der Waals surface area contributed by atoms with Gasteiger partial charge in [-0.25, -0.2) is 0 Å². The van der Waals surface area contributed by atoms with Crippen molar-refractivity contribution in [2.75, 3.05) is 7.11 Å². The molecule has 0 heterocycles. The van der Waals surface area contributed by atoms with E-state index in [4.69, 9.17) is 4.55 Å². The van der Waals surface area contributed by atoms with Crippen LogP contribution in [-0.4, -0.2) is 39.0 Å².